The van der Waals surface area contributed by atoms with E-state index < -0.39 is 0 Å². The zero-order chi connectivity index (χ0) is 12.6. The molecule has 92 valence electrons. The molecule has 0 fully saturated rings. The molecule has 0 aliphatic heterocycles. The van der Waals surface area contributed by atoms with E-state index in [1.54, 1.807) is 22.7 Å². The van der Waals surface area contributed by atoms with Gasteiger partial charge in [0.25, 0.3) is 0 Å². The predicted molar refractivity (Wildman–Crippen MR) is 76.2 cm³/mol. The van der Waals surface area contributed by atoms with Crippen LogP contribution in [0.25, 0.3) is 10.6 Å². The van der Waals surface area contributed by atoms with Crippen LogP contribution >= 0.6 is 22.7 Å². The van der Waals surface area contributed by atoms with Crippen molar-refractivity contribution < 1.29 is 0 Å². The SMILES string of the molecule is CNc1nc(C)c(-c2csc(C(C)(C)C)n2)s1. The van der Waals surface area contributed by atoms with Gasteiger partial charge in [0.05, 0.1) is 21.3 Å². The topological polar surface area (TPSA) is 37.8 Å². The Kier molecular flexibility index (Phi) is 3.23. The maximum absolute atomic E-state index is 4.72. The number of nitrogens with one attached hydrogen (secondary N) is 1. The first-order valence-electron chi connectivity index (χ1n) is 5.53. The van der Waals surface area contributed by atoms with Crippen LogP contribution in [-0.4, -0.2) is 17.0 Å². The summed E-state index contributed by atoms with van der Waals surface area (Å²) in [6.07, 6.45) is 0. The van der Waals surface area contributed by atoms with Gasteiger partial charge in [-0.05, 0) is 6.92 Å². The van der Waals surface area contributed by atoms with Crippen molar-refractivity contribution in [3.63, 3.8) is 0 Å². The van der Waals surface area contributed by atoms with Gasteiger partial charge in [0.1, 0.15) is 0 Å². The maximum atomic E-state index is 4.72. The molecule has 17 heavy (non-hydrogen) atoms. The lowest BCUT2D eigenvalue weighted by atomic mass is 9.98. The van der Waals surface area contributed by atoms with Crippen molar-refractivity contribution in [2.24, 2.45) is 0 Å². The van der Waals surface area contributed by atoms with Gasteiger partial charge in [-0.2, -0.15) is 0 Å². The van der Waals surface area contributed by atoms with Crippen molar-refractivity contribution in [1.29, 1.82) is 0 Å². The van der Waals surface area contributed by atoms with Crippen molar-refractivity contribution >= 4 is 27.8 Å². The number of thiazole rings is 2. The van der Waals surface area contributed by atoms with Gasteiger partial charge in [-0.15, -0.1) is 11.3 Å². The molecule has 0 spiro atoms. The molecule has 0 aliphatic rings. The average Bonchev–Trinajstić information content (AvgIpc) is 2.82. The lowest BCUT2D eigenvalue weighted by Crippen LogP contribution is -2.10. The van der Waals surface area contributed by atoms with Crippen LogP contribution in [-0.2, 0) is 5.41 Å². The maximum Gasteiger partial charge on any atom is 0.183 e. The molecule has 0 amide bonds. The van der Waals surface area contributed by atoms with E-state index >= 15 is 0 Å². The number of hydrogen-bond acceptors (Lipinski definition) is 5. The van der Waals surface area contributed by atoms with Crippen LogP contribution < -0.4 is 5.32 Å². The first-order valence-corrected chi connectivity index (χ1v) is 7.23. The molecule has 0 bridgehead atoms. The molecule has 0 saturated carbocycles. The molecule has 2 heterocycles. The fourth-order valence-corrected chi connectivity index (χ4v) is 3.32. The van der Waals surface area contributed by atoms with E-state index in [0.717, 1.165) is 16.5 Å². The molecule has 0 unspecified atom stereocenters. The normalized spacial score (nSPS) is 11.8. The van der Waals surface area contributed by atoms with E-state index in [4.69, 9.17) is 4.98 Å². The largest absolute Gasteiger partial charge is 0.365 e. The molecule has 0 saturated heterocycles. The lowest BCUT2D eigenvalue weighted by molar-refractivity contribution is 0.586. The number of aryl methyl sites for hydroxylation is 1. The number of aromatic nitrogens is 2. The van der Waals surface area contributed by atoms with Gasteiger partial charge in [-0.1, -0.05) is 32.1 Å². The van der Waals surface area contributed by atoms with Crippen molar-refractivity contribution in [2.75, 3.05) is 12.4 Å². The third-order valence-corrected chi connectivity index (χ3v) is 4.85. The first-order chi connectivity index (χ1) is 7.91. The molecule has 0 aliphatic carbocycles. The molecule has 0 atom stereocenters. The fraction of sp³-hybridized carbons (Fsp3) is 0.500. The molecule has 2 aromatic heterocycles. The van der Waals surface area contributed by atoms with Crippen LogP contribution in [0.5, 0.6) is 0 Å². The fourth-order valence-electron chi connectivity index (χ4n) is 1.46. The van der Waals surface area contributed by atoms with E-state index in [1.165, 1.54) is 9.88 Å². The van der Waals surface area contributed by atoms with Crippen LogP contribution in [0.15, 0.2) is 5.38 Å². The number of nitrogens with zero attached hydrogens (tertiary/aromatic N) is 2. The van der Waals surface area contributed by atoms with Gasteiger partial charge in [-0.3, -0.25) is 0 Å². The number of anilines is 1. The van der Waals surface area contributed by atoms with Gasteiger partial charge < -0.3 is 5.32 Å². The van der Waals surface area contributed by atoms with E-state index in [9.17, 15) is 0 Å². The Balaban J connectivity index is 2.40. The monoisotopic (exact) mass is 267 g/mol. The summed E-state index contributed by atoms with van der Waals surface area (Å²) in [5.41, 5.74) is 2.22. The molecular formula is C12H17N3S2. The third kappa shape index (κ3) is 2.50. The van der Waals surface area contributed by atoms with Crippen molar-refractivity contribution in [2.45, 2.75) is 33.1 Å². The Morgan fingerprint density at radius 2 is 1.94 bits per heavy atom. The highest BCUT2D eigenvalue weighted by Crippen LogP contribution is 2.35. The van der Waals surface area contributed by atoms with Gasteiger partial charge >= 0.3 is 0 Å². The van der Waals surface area contributed by atoms with Gasteiger partial charge in [0, 0.05) is 17.8 Å². The molecule has 2 aromatic rings. The summed E-state index contributed by atoms with van der Waals surface area (Å²) < 4.78 is 0. The zero-order valence-electron chi connectivity index (χ0n) is 10.8. The summed E-state index contributed by atoms with van der Waals surface area (Å²) in [7, 11) is 1.89. The van der Waals surface area contributed by atoms with Crippen LogP contribution in [0, 0.1) is 6.92 Å². The molecule has 3 nitrogen and oxygen atoms in total. The van der Waals surface area contributed by atoms with Crippen molar-refractivity contribution in [1.82, 2.24) is 9.97 Å². The minimum atomic E-state index is 0.118. The van der Waals surface area contributed by atoms with Crippen LogP contribution in [0.4, 0.5) is 5.13 Å². The summed E-state index contributed by atoms with van der Waals surface area (Å²) in [5.74, 6) is 0. The van der Waals surface area contributed by atoms with Crippen molar-refractivity contribution in [3.8, 4) is 10.6 Å². The molecular weight excluding hydrogens is 250 g/mol. The van der Waals surface area contributed by atoms with E-state index in [-0.39, 0.29) is 5.41 Å². The minimum Gasteiger partial charge on any atom is -0.365 e. The Morgan fingerprint density at radius 1 is 1.24 bits per heavy atom. The number of hydrogen-bond donors (Lipinski definition) is 1. The minimum absolute atomic E-state index is 0.118. The molecule has 0 radical (unpaired) electrons. The van der Waals surface area contributed by atoms with Crippen LogP contribution in [0.3, 0.4) is 0 Å². The van der Waals surface area contributed by atoms with Gasteiger partial charge in [0.2, 0.25) is 0 Å². The summed E-state index contributed by atoms with van der Waals surface area (Å²) in [6, 6.07) is 0. The first kappa shape index (κ1) is 12.5. The van der Waals surface area contributed by atoms with Gasteiger partial charge in [0.15, 0.2) is 5.13 Å². The average molecular weight is 267 g/mol. The molecule has 5 heteroatoms. The summed E-state index contributed by atoms with van der Waals surface area (Å²) in [6.45, 7) is 8.60. The Hall–Kier alpha value is -0.940. The van der Waals surface area contributed by atoms with Gasteiger partial charge in [-0.25, -0.2) is 9.97 Å². The summed E-state index contributed by atoms with van der Waals surface area (Å²) >= 11 is 3.38. The standard InChI is InChI=1S/C12H17N3S2/c1-7-9(17-11(13-5)14-7)8-6-16-10(15-8)12(2,3)4/h6H,1-5H3,(H,13,14). The second-order valence-electron chi connectivity index (χ2n) is 4.97. The highest BCUT2D eigenvalue weighted by atomic mass is 32.1. The zero-order valence-corrected chi connectivity index (χ0v) is 12.4. The second kappa shape index (κ2) is 4.38. The van der Waals surface area contributed by atoms with Crippen LogP contribution in [0.2, 0.25) is 0 Å². The van der Waals surface area contributed by atoms with E-state index in [1.807, 2.05) is 14.0 Å². The third-order valence-electron chi connectivity index (χ3n) is 2.39. The van der Waals surface area contributed by atoms with E-state index in [0.29, 0.717) is 0 Å². The number of rotatable bonds is 2. The Bertz CT molecular complexity index is 520. The predicted octanol–water partition coefficient (Wildman–Crippen LogP) is 3.91. The summed E-state index contributed by atoms with van der Waals surface area (Å²) in [5, 5.41) is 7.32. The molecule has 2 rings (SSSR count). The Labute approximate surface area is 110 Å². The highest BCUT2D eigenvalue weighted by molar-refractivity contribution is 7.19. The smallest absolute Gasteiger partial charge is 0.183 e. The van der Waals surface area contributed by atoms with Crippen LogP contribution in [0.1, 0.15) is 31.5 Å². The second-order valence-corrected chi connectivity index (χ2v) is 6.83. The molecule has 0 aromatic carbocycles. The van der Waals surface area contributed by atoms with Crippen molar-refractivity contribution in [3.05, 3.63) is 16.1 Å². The Morgan fingerprint density at radius 3 is 2.41 bits per heavy atom. The summed E-state index contributed by atoms with van der Waals surface area (Å²) in [4.78, 5) is 10.3. The molecule has 1 N–H and O–H groups in total. The lowest BCUT2D eigenvalue weighted by Gasteiger charge is -2.13. The quantitative estimate of drug-likeness (QED) is 0.896. The van der Waals surface area contributed by atoms with E-state index in [2.05, 4.69) is 36.5 Å². The highest BCUT2D eigenvalue weighted by Gasteiger charge is 2.20.